The van der Waals surface area contributed by atoms with Crippen molar-refractivity contribution in [3.8, 4) is 10.6 Å². The Morgan fingerprint density at radius 3 is 2.67 bits per heavy atom. The molecule has 2 aromatic rings. The van der Waals surface area contributed by atoms with Crippen molar-refractivity contribution < 1.29 is 9.53 Å². The van der Waals surface area contributed by atoms with E-state index in [0.717, 1.165) is 40.7 Å². The summed E-state index contributed by atoms with van der Waals surface area (Å²) in [5.41, 5.74) is 1.63. The van der Waals surface area contributed by atoms with E-state index in [1.54, 1.807) is 11.3 Å². The van der Waals surface area contributed by atoms with Crippen LogP contribution in [-0.4, -0.2) is 35.5 Å². The highest BCUT2D eigenvalue weighted by molar-refractivity contribution is 7.15. The van der Waals surface area contributed by atoms with Gasteiger partial charge in [0.15, 0.2) is 0 Å². The first-order chi connectivity index (χ1) is 11.6. The lowest BCUT2D eigenvalue weighted by Crippen LogP contribution is -2.39. The van der Waals surface area contributed by atoms with E-state index in [-0.39, 0.29) is 5.91 Å². The van der Waals surface area contributed by atoms with Gasteiger partial charge in [0.1, 0.15) is 10.6 Å². The number of ether oxygens (including phenoxy) is 1. The highest BCUT2D eigenvalue weighted by Crippen LogP contribution is 2.42. The minimum absolute atomic E-state index is 0.144. The van der Waals surface area contributed by atoms with Gasteiger partial charge < -0.3 is 9.64 Å². The van der Waals surface area contributed by atoms with Crippen LogP contribution in [0, 0.1) is 0 Å². The monoisotopic (exact) mass is 344 g/mol. The van der Waals surface area contributed by atoms with Crippen LogP contribution in [0.25, 0.3) is 10.6 Å². The number of aromatic nitrogens is 1. The molecule has 1 aliphatic heterocycles. The molecule has 0 N–H and O–H groups in total. The highest BCUT2D eigenvalue weighted by atomic mass is 32.1. The van der Waals surface area contributed by atoms with Gasteiger partial charge >= 0.3 is 0 Å². The van der Waals surface area contributed by atoms with Crippen molar-refractivity contribution in [2.24, 2.45) is 0 Å². The van der Waals surface area contributed by atoms with Crippen LogP contribution >= 0.6 is 11.3 Å². The molecule has 0 spiro atoms. The Labute approximate surface area is 147 Å². The Kier molecular flexibility index (Phi) is 5.01. The van der Waals surface area contributed by atoms with Gasteiger partial charge in [0.25, 0.3) is 0 Å². The molecule has 1 aromatic heterocycles. The van der Waals surface area contributed by atoms with Crippen LogP contribution in [0.3, 0.4) is 0 Å². The van der Waals surface area contributed by atoms with Crippen molar-refractivity contribution in [1.82, 2.24) is 9.88 Å². The van der Waals surface area contributed by atoms with Gasteiger partial charge in [-0.15, -0.1) is 11.3 Å². The van der Waals surface area contributed by atoms with E-state index in [9.17, 15) is 4.79 Å². The minimum atomic E-state index is -0.571. The zero-order chi connectivity index (χ0) is 17.2. The molecule has 0 bridgehead atoms. The van der Waals surface area contributed by atoms with Crippen LogP contribution in [0.2, 0.25) is 0 Å². The predicted molar refractivity (Wildman–Crippen MR) is 97.1 cm³/mol. The summed E-state index contributed by atoms with van der Waals surface area (Å²) in [5.74, 6) is 0.144. The van der Waals surface area contributed by atoms with E-state index in [0.29, 0.717) is 13.0 Å². The van der Waals surface area contributed by atoms with Crippen LogP contribution in [-0.2, 0) is 21.6 Å². The Hall–Kier alpha value is -1.72. The number of amides is 1. The number of carbonyl (C=O) groups is 1. The number of thiazole rings is 1. The van der Waals surface area contributed by atoms with Crippen LogP contribution in [0.5, 0.6) is 0 Å². The molecule has 3 rings (SSSR count). The summed E-state index contributed by atoms with van der Waals surface area (Å²) in [5, 5.41) is 1.01. The maximum atomic E-state index is 12.6. The van der Waals surface area contributed by atoms with Gasteiger partial charge in [0, 0.05) is 25.1 Å². The molecule has 0 aliphatic carbocycles. The average Bonchev–Trinajstić information content (AvgIpc) is 3.03. The van der Waals surface area contributed by atoms with E-state index in [1.165, 1.54) is 0 Å². The number of carbonyl (C=O) groups excluding carboxylic acids is 1. The third kappa shape index (κ3) is 3.23. The topological polar surface area (TPSA) is 42.4 Å². The summed E-state index contributed by atoms with van der Waals surface area (Å²) in [6.45, 7) is 8.13. The normalized spacial score (nSPS) is 19.8. The average molecular weight is 344 g/mol. The lowest BCUT2D eigenvalue weighted by molar-refractivity contribution is -0.139. The number of fused-ring (bicyclic) bond motifs is 1. The van der Waals surface area contributed by atoms with Crippen LogP contribution in [0.1, 0.15) is 37.8 Å². The summed E-state index contributed by atoms with van der Waals surface area (Å²) in [6, 6.07) is 10.2. The third-order valence-electron chi connectivity index (χ3n) is 4.56. The molecule has 0 fully saturated rings. The number of rotatable bonds is 5. The summed E-state index contributed by atoms with van der Waals surface area (Å²) in [4.78, 5) is 20.4. The van der Waals surface area contributed by atoms with Gasteiger partial charge in [-0.05, 0) is 20.8 Å². The minimum Gasteiger partial charge on any atom is -0.369 e. The van der Waals surface area contributed by atoms with E-state index >= 15 is 0 Å². The maximum Gasteiger partial charge on any atom is 0.225 e. The molecule has 0 saturated heterocycles. The quantitative estimate of drug-likeness (QED) is 0.827. The molecule has 128 valence electrons. The number of hydrogen-bond acceptors (Lipinski definition) is 4. The second-order valence-corrected chi connectivity index (χ2v) is 7.23. The Balaban J connectivity index is 1.91. The number of nitrogens with zero attached hydrogens (tertiary/aromatic N) is 2. The van der Waals surface area contributed by atoms with Crippen molar-refractivity contribution in [2.75, 3.05) is 19.7 Å². The zero-order valence-electron chi connectivity index (χ0n) is 14.5. The fraction of sp³-hybridized carbons (Fsp3) is 0.474. The highest BCUT2D eigenvalue weighted by Gasteiger charge is 2.39. The lowest BCUT2D eigenvalue weighted by Gasteiger charge is -2.34. The van der Waals surface area contributed by atoms with Crippen LogP contribution < -0.4 is 0 Å². The fourth-order valence-corrected chi connectivity index (χ4v) is 4.40. The first-order valence-corrected chi connectivity index (χ1v) is 9.36. The van der Waals surface area contributed by atoms with E-state index < -0.39 is 5.60 Å². The molecule has 1 aliphatic rings. The van der Waals surface area contributed by atoms with Gasteiger partial charge in [-0.1, -0.05) is 30.3 Å². The molecule has 5 heteroatoms. The molecule has 1 aromatic carbocycles. The fourth-order valence-electron chi connectivity index (χ4n) is 3.19. The summed E-state index contributed by atoms with van der Waals surface area (Å²) < 4.78 is 6.07. The second kappa shape index (κ2) is 7.03. The van der Waals surface area contributed by atoms with Crippen molar-refractivity contribution in [3.63, 3.8) is 0 Å². The SMILES string of the molecule is CCN(CC)C(=O)CC1(C)OCCc2nc(-c3ccccc3)sc21. The van der Waals surface area contributed by atoms with Crippen LogP contribution in [0.15, 0.2) is 30.3 Å². The zero-order valence-corrected chi connectivity index (χ0v) is 15.4. The first-order valence-electron chi connectivity index (χ1n) is 8.54. The summed E-state index contributed by atoms with van der Waals surface area (Å²) in [7, 11) is 0. The number of benzene rings is 1. The van der Waals surface area contributed by atoms with Gasteiger partial charge in [-0.3, -0.25) is 4.79 Å². The molecule has 2 heterocycles. The molecule has 24 heavy (non-hydrogen) atoms. The second-order valence-electron chi connectivity index (χ2n) is 6.23. The van der Waals surface area contributed by atoms with Crippen LogP contribution in [0.4, 0.5) is 0 Å². The lowest BCUT2D eigenvalue weighted by atomic mass is 9.94. The van der Waals surface area contributed by atoms with E-state index in [2.05, 4.69) is 12.1 Å². The Morgan fingerprint density at radius 1 is 1.29 bits per heavy atom. The molecule has 0 radical (unpaired) electrons. The molecular weight excluding hydrogens is 320 g/mol. The number of hydrogen-bond donors (Lipinski definition) is 0. The third-order valence-corrected chi connectivity index (χ3v) is 5.95. The summed E-state index contributed by atoms with van der Waals surface area (Å²) >= 11 is 1.66. The molecule has 0 saturated carbocycles. The molecule has 1 amide bonds. The molecular formula is C19H24N2O2S. The Bertz CT molecular complexity index is 709. The maximum absolute atomic E-state index is 12.6. The van der Waals surface area contributed by atoms with Gasteiger partial charge in [0.05, 0.1) is 23.6 Å². The van der Waals surface area contributed by atoms with E-state index in [1.807, 2.05) is 43.9 Å². The smallest absolute Gasteiger partial charge is 0.225 e. The van der Waals surface area contributed by atoms with Crippen molar-refractivity contribution in [3.05, 3.63) is 40.9 Å². The molecule has 1 atom stereocenters. The largest absolute Gasteiger partial charge is 0.369 e. The molecule has 1 unspecified atom stereocenters. The molecule has 4 nitrogen and oxygen atoms in total. The first kappa shape index (κ1) is 17.1. The Morgan fingerprint density at radius 2 is 2.00 bits per heavy atom. The van der Waals surface area contributed by atoms with Crippen molar-refractivity contribution in [2.45, 2.75) is 39.2 Å². The van der Waals surface area contributed by atoms with Crippen molar-refractivity contribution >= 4 is 17.2 Å². The summed E-state index contributed by atoms with van der Waals surface area (Å²) in [6.07, 6.45) is 1.19. The van der Waals surface area contributed by atoms with Gasteiger partial charge in [-0.2, -0.15) is 0 Å². The standard InChI is InChI=1S/C19H24N2O2S/c1-4-21(5-2)16(22)13-19(3)17-15(11-12-23-19)20-18(24-17)14-9-7-6-8-10-14/h6-10H,4-5,11-13H2,1-3H3. The predicted octanol–water partition coefficient (Wildman–Crippen LogP) is 3.86. The van der Waals surface area contributed by atoms with Gasteiger partial charge in [-0.25, -0.2) is 4.98 Å². The van der Waals surface area contributed by atoms with Gasteiger partial charge in [0.2, 0.25) is 5.91 Å². The van der Waals surface area contributed by atoms with Crippen molar-refractivity contribution in [1.29, 1.82) is 0 Å². The van der Waals surface area contributed by atoms with E-state index in [4.69, 9.17) is 9.72 Å².